The van der Waals surface area contributed by atoms with Gasteiger partial charge >= 0.3 is 5.97 Å². The minimum absolute atomic E-state index is 0.103. The molecule has 3 unspecified atom stereocenters. The quantitative estimate of drug-likeness (QED) is 0.763. The second-order valence-corrected chi connectivity index (χ2v) is 7.43. The Morgan fingerprint density at radius 3 is 2.71 bits per heavy atom. The predicted octanol–water partition coefficient (Wildman–Crippen LogP) is 2.32. The van der Waals surface area contributed by atoms with Crippen molar-refractivity contribution in [3.8, 4) is 0 Å². The highest BCUT2D eigenvalue weighted by molar-refractivity contribution is 5.80. The fraction of sp³-hybridized carbons (Fsp3) is 0.941. The summed E-state index contributed by atoms with van der Waals surface area (Å²) in [6, 6.07) is 1.30. The molecule has 1 saturated heterocycles. The molecule has 0 amide bonds. The minimum atomic E-state index is -0.511. The van der Waals surface area contributed by atoms with Crippen LogP contribution in [-0.4, -0.2) is 48.7 Å². The van der Waals surface area contributed by atoms with Crippen LogP contribution in [0.25, 0.3) is 0 Å². The standard InChI is InChI=1S/C17H30N2O2/c1-17(16(20)21-2,18-14-7-8-14)10-12-19-11-9-13-5-3-4-6-15(13)19/h13-15,18H,3-12H2,1-2H3. The van der Waals surface area contributed by atoms with E-state index in [0.29, 0.717) is 6.04 Å². The minimum Gasteiger partial charge on any atom is -0.468 e. The van der Waals surface area contributed by atoms with Crippen LogP contribution in [-0.2, 0) is 9.53 Å². The van der Waals surface area contributed by atoms with Gasteiger partial charge < -0.3 is 9.64 Å². The van der Waals surface area contributed by atoms with Crippen molar-refractivity contribution in [1.29, 1.82) is 0 Å². The average molecular weight is 294 g/mol. The van der Waals surface area contributed by atoms with E-state index in [-0.39, 0.29) is 5.97 Å². The van der Waals surface area contributed by atoms with Crippen molar-refractivity contribution in [1.82, 2.24) is 10.2 Å². The Hall–Kier alpha value is -0.610. The first kappa shape index (κ1) is 15.3. The van der Waals surface area contributed by atoms with Crippen molar-refractivity contribution in [3.05, 3.63) is 0 Å². The molecule has 1 heterocycles. The summed E-state index contributed by atoms with van der Waals surface area (Å²) in [5.41, 5.74) is -0.511. The molecule has 120 valence electrons. The van der Waals surface area contributed by atoms with Gasteiger partial charge in [-0.3, -0.25) is 10.1 Å². The van der Waals surface area contributed by atoms with Gasteiger partial charge in [-0.2, -0.15) is 0 Å². The summed E-state index contributed by atoms with van der Waals surface area (Å²) in [5.74, 6) is 0.813. The number of carbonyl (C=O) groups is 1. The lowest BCUT2D eigenvalue weighted by Gasteiger charge is -2.35. The molecular formula is C17H30N2O2. The fourth-order valence-electron chi connectivity index (χ4n) is 4.28. The van der Waals surface area contributed by atoms with E-state index in [4.69, 9.17) is 4.74 Å². The number of hydrogen-bond acceptors (Lipinski definition) is 4. The van der Waals surface area contributed by atoms with Crippen LogP contribution in [0.1, 0.15) is 58.3 Å². The molecule has 0 spiro atoms. The van der Waals surface area contributed by atoms with Gasteiger partial charge in [0, 0.05) is 18.6 Å². The number of nitrogens with one attached hydrogen (secondary N) is 1. The Balaban J connectivity index is 1.57. The summed E-state index contributed by atoms with van der Waals surface area (Å²) in [5, 5.41) is 3.51. The third-order valence-electron chi connectivity index (χ3n) is 5.76. The molecule has 1 N–H and O–H groups in total. The Morgan fingerprint density at radius 1 is 1.24 bits per heavy atom. The van der Waals surface area contributed by atoms with Gasteiger partial charge in [-0.05, 0) is 57.9 Å². The van der Waals surface area contributed by atoms with Crippen LogP contribution in [0.5, 0.6) is 0 Å². The van der Waals surface area contributed by atoms with Gasteiger partial charge in [-0.15, -0.1) is 0 Å². The number of nitrogens with zero attached hydrogens (tertiary/aromatic N) is 1. The number of carbonyl (C=O) groups excluding carboxylic acids is 1. The SMILES string of the molecule is COC(=O)C(C)(CCN1CCC2CCCCC21)NC1CC1. The van der Waals surface area contributed by atoms with Gasteiger partial charge in [0.05, 0.1) is 7.11 Å². The van der Waals surface area contributed by atoms with E-state index in [9.17, 15) is 4.79 Å². The van der Waals surface area contributed by atoms with E-state index in [1.165, 1.54) is 58.6 Å². The lowest BCUT2D eigenvalue weighted by Crippen LogP contribution is -2.53. The normalized spacial score (nSPS) is 32.5. The Morgan fingerprint density at radius 2 is 2.00 bits per heavy atom. The molecule has 3 atom stereocenters. The van der Waals surface area contributed by atoms with Gasteiger partial charge in [0.1, 0.15) is 5.54 Å². The fourth-order valence-corrected chi connectivity index (χ4v) is 4.28. The Bertz CT molecular complexity index is 383. The Labute approximate surface area is 128 Å². The first-order chi connectivity index (χ1) is 10.1. The van der Waals surface area contributed by atoms with E-state index >= 15 is 0 Å². The zero-order valence-corrected chi connectivity index (χ0v) is 13.6. The maximum Gasteiger partial charge on any atom is 0.325 e. The second-order valence-electron chi connectivity index (χ2n) is 7.43. The number of rotatable bonds is 6. The highest BCUT2D eigenvalue weighted by Gasteiger charge is 2.41. The largest absolute Gasteiger partial charge is 0.468 e. The number of hydrogen-bond donors (Lipinski definition) is 1. The second kappa shape index (κ2) is 6.25. The van der Waals surface area contributed by atoms with Gasteiger partial charge in [0.25, 0.3) is 0 Å². The van der Waals surface area contributed by atoms with Crippen LogP contribution in [0.15, 0.2) is 0 Å². The van der Waals surface area contributed by atoms with E-state index in [2.05, 4.69) is 10.2 Å². The van der Waals surface area contributed by atoms with E-state index in [0.717, 1.165) is 24.9 Å². The maximum absolute atomic E-state index is 12.2. The van der Waals surface area contributed by atoms with Crippen molar-refractivity contribution in [2.24, 2.45) is 5.92 Å². The van der Waals surface area contributed by atoms with E-state index in [1.807, 2.05) is 6.92 Å². The van der Waals surface area contributed by atoms with Gasteiger partial charge in [0.15, 0.2) is 0 Å². The lowest BCUT2D eigenvalue weighted by molar-refractivity contribution is -0.148. The van der Waals surface area contributed by atoms with Crippen LogP contribution in [0, 0.1) is 5.92 Å². The summed E-state index contributed by atoms with van der Waals surface area (Å²) in [7, 11) is 1.50. The van der Waals surface area contributed by atoms with Crippen molar-refractivity contribution >= 4 is 5.97 Å². The summed E-state index contributed by atoms with van der Waals surface area (Å²) in [6.07, 6.45) is 10.2. The summed E-state index contributed by atoms with van der Waals surface area (Å²) >= 11 is 0. The number of ether oxygens (including phenoxy) is 1. The molecule has 1 aliphatic heterocycles. The van der Waals surface area contributed by atoms with E-state index in [1.54, 1.807) is 0 Å². The number of esters is 1. The lowest BCUT2D eigenvalue weighted by atomic mass is 9.85. The third kappa shape index (κ3) is 3.42. The van der Waals surface area contributed by atoms with Gasteiger partial charge in [-0.1, -0.05) is 12.8 Å². The van der Waals surface area contributed by atoms with Crippen LogP contribution in [0.4, 0.5) is 0 Å². The molecule has 3 aliphatic rings. The van der Waals surface area contributed by atoms with Crippen molar-refractivity contribution in [2.45, 2.75) is 75.9 Å². The first-order valence-corrected chi connectivity index (χ1v) is 8.72. The van der Waals surface area contributed by atoms with Gasteiger partial charge in [0.2, 0.25) is 0 Å². The summed E-state index contributed by atoms with van der Waals surface area (Å²) < 4.78 is 5.05. The van der Waals surface area contributed by atoms with Crippen LogP contribution < -0.4 is 5.32 Å². The Kier molecular flexibility index (Phi) is 4.55. The van der Waals surface area contributed by atoms with Crippen LogP contribution >= 0.6 is 0 Å². The zero-order valence-electron chi connectivity index (χ0n) is 13.6. The molecular weight excluding hydrogens is 264 g/mol. The monoisotopic (exact) mass is 294 g/mol. The molecule has 0 radical (unpaired) electrons. The molecule has 0 aromatic rings. The molecule has 2 aliphatic carbocycles. The number of likely N-dealkylation sites (tertiary alicyclic amines) is 1. The molecule has 3 fully saturated rings. The molecule has 21 heavy (non-hydrogen) atoms. The molecule has 0 bridgehead atoms. The average Bonchev–Trinajstić information content (AvgIpc) is 3.21. The van der Waals surface area contributed by atoms with Crippen LogP contribution in [0.3, 0.4) is 0 Å². The van der Waals surface area contributed by atoms with Crippen molar-refractivity contribution in [2.75, 3.05) is 20.2 Å². The zero-order chi connectivity index (χ0) is 14.9. The van der Waals surface area contributed by atoms with E-state index < -0.39 is 5.54 Å². The molecule has 4 heteroatoms. The molecule has 0 aromatic carbocycles. The first-order valence-electron chi connectivity index (χ1n) is 8.72. The topological polar surface area (TPSA) is 41.6 Å². The maximum atomic E-state index is 12.2. The smallest absolute Gasteiger partial charge is 0.325 e. The summed E-state index contributed by atoms with van der Waals surface area (Å²) in [6.45, 7) is 4.26. The molecule has 3 rings (SSSR count). The highest BCUT2D eigenvalue weighted by atomic mass is 16.5. The van der Waals surface area contributed by atoms with Crippen LogP contribution in [0.2, 0.25) is 0 Å². The third-order valence-corrected chi connectivity index (χ3v) is 5.76. The highest BCUT2D eigenvalue weighted by Crippen LogP contribution is 2.36. The van der Waals surface area contributed by atoms with Crippen molar-refractivity contribution in [3.63, 3.8) is 0 Å². The number of fused-ring (bicyclic) bond motifs is 1. The molecule has 0 aromatic heterocycles. The van der Waals surface area contributed by atoms with Crippen molar-refractivity contribution < 1.29 is 9.53 Å². The summed E-state index contributed by atoms with van der Waals surface area (Å²) in [4.78, 5) is 14.8. The molecule has 4 nitrogen and oxygen atoms in total. The predicted molar refractivity (Wildman–Crippen MR) is 83.1 cm³/mol. The van der Waals surface area contributed by atoms with Gasteiger partial charge in [-0.25, -0.2) is 0 Å². The number of methoxy groups -OCH3 is 1. The molecule has 2 saturated carbocycles.